The molecule has 2 aromatic carbocycles. The highest BCUT2D eigenvalue weighted by Crippen LogP contribution is 2.60. The number of ether oxygens (including phenoxy) is 1. The molecule has 1 N–H and O–H groups in total. The fourth-order valence-corrected chi connectivity index (χ4v) is 4.38. The van der Waals surface area contributed by atoms with E-state index in [0.29, 0.717) is 6.42 Å². The van der Waals surface area contributed by atoms with Crippen LogP contribution in [-0.2, 0) is 9.53 Å². The van der Waals surface area contributed by atoms with Gasteiger partial charge < -0.3 is 9.84 Å². The summed E-state index contributed by atoms with van der Waals surface area (Å²) in [6, 6.07) is 19.5. The first kappa shape index (κ1) is 14.5. The van der Waals surface area contributed by atoms with E-state index in [1.54, 1.807) is 0 Å². The van der Waals surface area contributed by atoms with Crippen molar-refractivity contribution >= 4 is 5.97 Å². The summed E-state index contributed by atoms with van der Waals surface area (Å²) in [5.74, 6) is -0.328. The Morgan fingerprint density at radius 2 is 1.70 bits per heavy atom. The van der Waals surface area contributed by atoms with Gasteiger partial charge in [0.2, 0.25) is 0 Å². The van der Waals surface area contributed by atoms with E-state index in [1.165, 1.54) is 0 Å². The molecule has 0 aromatic heterocycles. The molecule has 4 atom stereocenters. The second-order valence-corrected chi connectivity index (χ2v) is 6.58. The van der Waals surface area contributed by atoms with Gasteiger partial charge in [0.05, 0.1) is 6.10 Å². The van der Waals surface area contributed by atoms with Gasteiger partial charge in [-0.25, -0.2) is 0 Å². The number of carbonyl (C=O) groups excluding carboxylic acids is 1. The van der Waals surface area contributed by atoms with Gasteiger partial charge in [0.1, 0.15) is 11.5 Å². The molecular formula is C20H20O3. The quantitative estimate of drug-likeness (QED) is 0.881. The lowest BCUT2D eigenvalue weighted by atomic mass is 9.60. The molecule has 118 valence electrons. The lowest BCUT2D eigenvalue weighted by molar-refractivity contribution is -0.153. The lowest BCUT2D eigenvalue weighted by Crippen LogP contribution is -2.41. The van der Waals surface area contributed by atoms with Crippen LogP contribution in [0.15, 0.2) is 60.7 Å². The van der Waals surface area contributed by atoms with Crippen LogP contribution in [0.4, 0.5) is 0 Å². The molecule has 4 rings (SSSR count). The largest absolute Gasteiger partial charge is 0.461 e. The van der Waals surface area contributed by atoms with Crippen LogP contribution in [-0.4, -0.2) is 17.2 Å². The van der Waals surface area contributed by atoms with Gasteiger partial charge in [0.25, 0.3) is 0 Å². The smallest absolute Gasteiger partial charge is 0.316 e. The Kier molecular flexibility index (Phi) is 3.46. The topological polar surface area (TPSA) is 46.5 Å². The first-order valence-electron chi connectivity index (χ1n) is 8.22. The molecule has 3 nitrogen and oxygen atoms in total. The average molecular weight is 308 g/mol. The zero-order valence-electron chi connectivity index (χ0n) is 12.9. The van der Waals surface area contributed by atoms with Crippen LogP contribution in [0.2, 0.25) is 0 Å². The average Bonchev–Trinajstić information content (AvgIpc) is 2.78. The van der Waals surface area contributed by atoms with Crippen molar-refractivity contribution in [1.82, 2.24) is 0 Å². The lowest BCUT2D eigenvalue weighted by Gasteiger charge is -2.40. The van der Waals surface area contributed by atoms with Crippen LogP contribution in [0.3, 0.4) is 0 Å². The number of carbonyl (C=O) groups is 1. The molecule has 23 heavy (non-hydrogen) atoms. The van der Waals surface area contributed by atoms with Crippen molar-refractivity contribution in [2.75, 3.05) is 0 Å². The van der Waals surface area contributed by atoms with E-state index < -0.39 is 11.5 Å². The summed E-state index contributed by atoms with van der Waals surface area (Å²) < 4.78 is 5.70. The Hall–Kier alpha value is -2.13. The van der Waals surface area contributed by atoms with Crippen molar-refractivity contribution in [3.63, 3.8) is 0 Å². The highest BCUT2D eigenvalue weighted by atomic mass is 16.6. The molecule has 0 spiro atoms. The van der Waals surface area contributed by atoms with E-state index in [-0.39, 0.29) is 18.0 Å². The Labute approximate surface area is 135 Å². The number of rotatable bonds is 3. The number of benzene rings is 2. The monoisotopic (exact) mass is 308 g/mol. The maximum absolute atomic E-state index is 12.8. The van der Waals surface area contributed by atoms with Gasteiger partial charge in [0, 0.05) is 5.92 Å². The van der Waals surface area contributed by atoms with Crippen LogP contribution >= 0.6 is 0 Å². The number of esters is 1. The Balaban J connectivity index is 1.83. The zero-order chi connectivity index (χ0) is 15.9. The molecule has 1 heterocycles. The van der Waals surface area contributed by atoms with E-state index >= 15 is 0 Å². The highest BCUT2D eigenvalue weighted by molar-refractivity contribution is 5.82. The number of aliphatic hydroxyl groups is 1. The zero-order valence-corrected chi connectivity index (χ0v) is 12.9. The minimum absolute atomic E-state index is 0.0832. The first-order valence-corrected chi connectivity index (χ1v) is 8.22. The SMILES string of the molecule is O=C1O[C@H]2CCC[C@]1([C@H](O)c1ccccc1)[C@H]2c1ccccc1. The van der Waals surface area contributed by atoms with Crippen LogP contribution in [0.25, 0.3) is 0 Å². The number of aliphatic hydroxyl groups excluding tert-OH is 1. The molecule has 2 aliphatic rings. The van der Waals surface area contributed by atoms with E-state index in [1.807, 2.05) is 60.7 Å². The third-order valence-corrected chi connectivity index (χ3v) is 5.41. The minimum Gasteiger partial charge on any atom is -0.461 e. The Morgan fingerprint density at radius 1 is 1.04 bits per heavy atom. The molecule has 1 aliphatic heterocycles. The van der Waals surface area contributed by atoms with Crippen molar-refractivity contribution in [2.24, 2.45) is 5.41 Å². The Bertz CT molecular complexity index is 697. The molecule has 1 saturated heterocycles. The van der Waals surface area contributed by atoms with Gasteiger partial charge in [-0.2, -0.15) is 0 Å². The maximum Gasteiger partial charge on any atom is 0.316 e. The number of hydrogen-bond acceptors (Lipinski definition) is 3. The molecule has 2 fully saturated rings. The fraction of sp³-hybridized carbons (Fsp3) is 0.350. The van der Waals surface area contributed by atoms with Crippen LogP contribution in [0, 0.1) is 5.41 Å². The van der Waals surface area contributed by atoms with Crippen molar-refractivity contribution < 1.29 is 14.6 Å². The van der Waals surface area contributed by atoms with Gasteiger partial charge in [-0.1, -0.05) is 60.7 Å². The summed E-state index contributed by atoms with van der Waals surface area (Å²) in [5.41, 5.74) is 0.997. The summed E-state index contributed by atoms with van der Waals surface area (Å²) in [5, 5.41) is 11.1. The van der Waals surface area contributed by atoms with Crippen molar-refractivity contribution in [2.45, 2.75) is 37.4 Å². The van der Waals surface area contributed by atoms with Gasteiger partial charge in [-0.15, -0.1) is 0 Å². The van der Waals surface area contributed by atoms with Crippen LogP contribution in [0.5, 0.6) is 0 Å². The summed E-state index contributed by atoms with van der Waals surface area (Å²) >= 11 is 0. The maximum atomic E-state index is 12.8. The molecule has 0 amide bonds. The second-order valence-electron chi connectivity index (χ2n) is 6.58. The van der Waals surface area contributed by atoms with Gasteiger partial charge in [0.15, 0.2) is 0 Å². The first-order chi connectivity index (χ1) is 11.2. The van der Waals surface area contributed by atoms with Gasteiger partial charge in [-0.3, -0.25) is 4.79 Å². The predicted molar refractivity (Wildman–Crippen MR) is 86.7 cm³/mol. The number of hydrogen-bond donors (Lipinski definition) is 1. The molecule has 0 radical (unpaired) electrons. The highest BCUT2D eigenvalue weighted by Gasteiger charge is 2.63. The normalized spacial score (nSPS) is 30.7. The number of fused-ring (bicyclic) bond motifs is 2. The molecule has 0 unspecified atom stereocenters. The standard InChI is InChI=1S/C20H20O3/c21-18(15-10-5-2-6-11-15)20-13-7-12-16(23-19(20)22)17(20)14-8-3-1-4-9-14/h1-6,8-11,16-18,21H,7,12-13H2/t16-,17-,18+,20+/m0/s1. The van der Waals surface area contributed by atoms with Crippen molar-refractivity contribution in [3.8, 4) is 0 Å². The molecule has 1 aliphatic carbocycles. The minimum atomic E-state index is -0.869. The summed E-state index contributed by atoms with van der Waals surface area (Å²) in [4.78, 5) is 12.8. The Morgan fingerprint density at radius 3 is 2.39 bits per heavy atom. The van der Waals surface area contributed by atoms with E-state index in [4.69, 9.17) is 4.74 Å². The summed E-state index contributed by atoms with van der Waals surface area (Å²) in [7, 11) is 0. The van der Waals surface area contributed by atoms with E-state index in [9.17, 15) is 9.90 Å². The summed E-state index contributed by atoms with van der Waals surface area (Å²) in [6.07, 6.45) is 1.47. The summed E-state index contributed by atoms with van der Waals surface area (Å²) in [6.45, 7) is 0. The molecule has 3 heteroatoms. The van der Waals surface area contributed by atoms with E-state index in [0.717, 1.165) is 24.0 Å². The third-order valence-electron chi connectivity index (χ3n) is 5.41. The molecule has 1 saturated carbocycles. The van der Waals surface area contributed by atoms with Gasteiger partial charge >= 0.3 is 5.97 Å². The molecule has 2 aromatic rings. The van der Waals surface area contributed by atoms with Crippen LogP contribution < -0.4 is 0 Å². The third kappa shape index (κ3) is 2.11. The van der Waals surface area contributed by atoms with Gasteiger partial charge in [-0.05, 0) is 30.4 Å². The van der Waals surface area contributed by atoms with Crippen molar-refractivity contribution in [3.05, 3.63) is 71.8 Å². The fourth-order valence-electron chi connectivity index (χ4n) is 4.38. The van der Waals surface area contributed by atoms with E-state index in [2.05, 4.69) is 0 Å². The van der Waals surface area contributed by atoms with Crippen LogP contribution in [0.1, 0.15) is 42.4 Å². The van der Waals surface area contributed by atoms with Crippen molar-refractivity contribution in [1.29, 1.82) is 0 Å². The predicted octanol–water partition coefficient (Wildman–Crippen LogP) is 3.60. The molecular weight excluding hydrogens is 288 g/mol. The second kappa shape index (κ2) is 5.50. The molecule has 2 bridgehead atoms.